The van der Waals surface area contributed by atoms with E-state index in [0.29, 0.717) is 6.61 Å². The predicted molar refractivity (Wildman–Crippen MR) is 103 cm³/mol. The zero-order valence-electron chi connectivity index (χ0n) is 14.9. The number of methoxy groups -OCH3 is 1. The van der Waals surface area contributed by atoms with Gasteiger partial charge in [-0.2, -0.15) is 5.10 Å². The number of nitrogens with one attached hydrogen (secondary N) is 1. The molecule has 0 amide bonds. The lowest BCUT2D eigenvalue weighted by Gasteiger charge is -2.13. The Labute approximate surface area is 158 Å². The van der Waals surface area contributed by atoms with Crippen LogP contribution in [-0.2, 0) is 26.7 Å². The molecule has 0 unspecified atom stereocenters. The molecule has 5 nitrogen and oxygen atoms in total. The monoisotopic (exact) mass is 371 g/mol. The summed E-state index contributed by atoms with van der Waals surface area (Å²) in [6, 6.07) is 13.6. The number of nitrogens with zero attached hydrogens (tertiary/aromatic N) is 2. The van der Waals surface area contributed by atoms with Crippen LogP contribution in [0.15, 0.2) is 54.9 Å². The quantitative estimate of drug-likeness (QED) is 0.651. The number of rotatable bonds is 8. The Hall–Kier alpha value is -2.50. The fourth-order valence-corrected chi connectivity index (χ4v) is 2.72. The van der Waals surface area contributed by atoms with Crippen molar-refractivity contribution in [3.63, 3.8) is 0 Å². The number of hydrogen-bond acceptors (Lipinski definition) is 4. The van der Waals surface area contributed by atoms with E-state index in [0.717, 1.165) is 46.3 Å². The van der Waals surface area contributed by atoms with Gasteiger partial charge in [0, 0.05) is 36.9 Å². The molecule has 0 saturated heterocycles. The molecule has 1 N–H and O–H groups in total. The van der Waals surface area contributed by atoms with Gasteiger partial charge >= 0.3 is 0 Å². The summed E-state index contributed by atoms with van der Waals surface area (Å²) in [6.07, 6.45) is 3.86. The van der Waals surface area contributed by atoms with Crippen LogP contribution in [0, 0.1) is 0 Å². The van der Waals surface area contributed by atoms with Gasteiger partial charge in [0.25, 0.3) is 0 Å². The molecule has 0 aliphatic carbocycles. The van der Waals surface area contributed by atoms with Crippen molar-refractivity contribution in [1.82, 2.24) is 15.1 Å². The summed E-state index contributed by atoms with van der Waals surface area (Å²) in [5.74, 6) is 1.44. The van der Waals surface area contributed by atoms with Crippen LogP contribution >= 0.6 is 11.6 Å². The molecule has 136 valence electrons. The van der Waals surface area contributed by atoms with Crippen LogP contribution in [0.1, 0.15) is 16.7 Å². The Morgan fingerprint density at radius 1 is 1.00 bits per heavy atom. The first-order valence-corrected chi connectivity index (χ1v) is 8.74. The highest BCUT2D eigenvalue weighted by atomic mass is 35.5. The summed E-state index contributed by atoms with van der Waals surface area (Å²) in [6.45, 7) is 1.97. The molecule has 2 aromatic carbocycles. The van der Waals surface area contributed by atoms with E-state index in [4.69, 9.17) is 21.1 Å². The van der Waals surface area contributed by atoms with Crippen molar-refractivity contribution in [3.05, 3.63) is 76.6 Å². The lowest BCUT2D eigenvalue weighted by atomic mass is 10.2. The standard InChI is InChI=1S/C20H22ClN3O2/c1-24-13-17(12-23-24)11-22-10-16-5-8-19(20(9-16)25-2)26-14-15-3-6-18(21)7-4-15/h3-9,12-13,22H,10-11,14H2,1-2H3. The van der Waals surface area contributed by atoms with Crippen LogP contribution < -0.4 is 14.8 Å². The average molecular weight is 372 g/mol. The van der Waals surface area contributed by atoms with Gasteiger partial charge < -0.3 is 14.8 Å². The zero-order valence-corrected chi connectivity index (χ0v) is 15.7. The first-order chi connectivity index (χ1) is 12.6. The number of aromatic nitrogens is 2. The third-order valence-corrected chi connectivity index (χ3v) is 4.20. The normalized spacial score (nSPS) is 10.7. The second-order valence-corrected chi connectivity index (χ2v) is 6.46. The molecule has 0 spiro atoms. The Balaban J connectivity index is 1.57. The molecule has 0 saturated carbocycles. The van der Waals surface area contributed by atoms with E-state index in [9.17, 15) is 0 Å². The van der Waals surface area contributed by atoms with Crippen LogP contribution in [0.4, 0.5) is 0 Å². The van der Waals surface area contributed by atoms with E-state index in [1.807, 2.05) is 61.9 Å². The van der Waals surface area contributed by atoms with Gasteiger partial charge in [0.05, 0.1) is 13.3 Å². The number of hydrogen-bond donors (Lipinski definition) is 1. The van der Waals surface area contributed by atoms with Crippen molar-refractivity contribution in [3.8, 4) is 11.5 Å². The molecule has 0 atom stereocenters. The molecule has 1 heterocycles. The van der Waals surface area contributed by atoms with Crippen molar-refractivity contribution in [2.75, 3.05) is 7.11 Å². The predicted octanol–water partition coefficient (Wildman–Crippen LogP) is 3.95. The molecule has 0 aliphatic heterocycles. The molecule has 0 fully saturated rings. The highest BCUT2D eigenvalue weighted by molar-refractivity contribution is 6.30. The molecule has 3 aromatic rings. The lowest BCUT2D eigenvalue weighted by Crippen LogP contribution is -2.12. The van der Waals surface area contributed by atoms with Gasteiger partial charge in [-0.25, -0.2) is 0 Å². The minimum Gasteiger partial charge on any atom is -0.493 e. The SMILES string of the molecule is COc1cc(CNCc2cnn(C)c2)ccc1OCc1ccc(Cl)cc1. The van der Waals surface area contributed by atoms with Crippen LogP contribution in [-0.4, -0.2) is 16.9 Å². The zero-order chi connectivity index (χ0) is 18.4. The van der Waals surface area contributed by atoms with Crippen LogP contribution in [0.25, 0.3) is 0 Å². The molecule has 0 aliphatic rings. The van der Waals surface area contributed by atoms with Crippen molar-refractivity contribution >= 4 is 11.6 Å². The first-order valence-electron chi connectivity index (χ1n) is 8.36. The topological polar surface area (TPSA) is 48.3 Å². The highest BCUT2D eigenvalue weighted by Crippen LogP contribution is 2.29. The maximum atomic E-state index is 5.90. The molecule has 26 heavy (non-hydrogen) atoms. The van der Waals surface area contributed by atoms with E-state index in [1.165, 1.54) is 0 Å². The summed E-state index contributed by atoms with van der Waals surface area (Å²) in [5, 5.41) is 8.28. The van der Waals surface area contributed by atoms with Crippen molar-refractivity contribution < 1.29 is 9.47 Å². The fourth-order valence-electron chi connectivity index (χ4n) is 2.60. The molecule has 1 aromatic heterocycles. The number of ether oxygens (including phenoxy) is 2. The van der Waals surface area contributed by atoms with Gasteiger partial charge in [0.15, 0.2) is 11.5 Å². The van der Waals surface area contributed by atoms with Crippen molar-refractivity contribution in [2.45, 2.75) is 19.7 Å². The van der Waals surface area contributed by atoms with Gasteiger partial charge in [0.1, 0.15) is 6.61 Å². The van der Waals surface area contributed by atoms with E-state index in [1.54, 1.807) is 11.8 Å². The molecular weight excluding hydrogens is 350 g/mol. The number of halogens is 1. The maximum absolute atomic E-state index is 5.90. The van der Waals surface area contributed by atoms with Gasteiger partial charge in [-0.15, -0.1) is 0 Å². The summed E-state index contributed by atoms with van der Waals surface area (Å²) < 4.78 is 13.2. The lowest BCUT2D eigenvalue weighted by molar-refractivity contribution is 0.284. The first kappa shape index (κ1) is 18.3. The van der Waals surface area contributed by atoms with Crippen LogP contribution in [0.3, 0.4) is 0 Å². The fraction of sp³-hybridized carbons (Fsp3) is 0.250. The minimum absolute atomic E-state index is 0.464. The maximum Gasteiger partial charge on any atom is 0.161 e. The average Bonchev–Trinajstić information content (AvgIpc) is 3.07. The molecule has 0 radical (unpaired) electrons. The minimum atomic E-state index is 0.464. The summed E-state index contributed by atoms with van der Waals surface area (Å²) in [7, 11) is 3.56. The second kappa shape index (κ2) is 8.74. The Bertz CT molecular complexity index is 847. The van der Waals surface area contributed by atoms with E-state index >= 15 is 0 Å². The molecule has 6 heteroatoms. The number of benzene rings is 2. The highest BCUT2D eigenvalue weighted by Gasteiger charge is 2.07. The molecule has 3 rings (SSSR count). The van der Waals surface area contributed by atoms with E-state index < -0.39 is 0 Å². The summed E-state index contributed by atoms with van der Waals surface area (Å²) in [5.41, 5.74) is 3.34. The van der Waals surface area contributed by atoms with Crippen LogP contribution in [0.5, 0.6) is 11.5 Å². The van der Waals surface area contributed by atoms with Gasteiger partial charge in [-0.1, -0.05) is 29.8 Å². The molecule has 0 bridgehead atoms. The second-order valence-electron chi connectivity index (χ2n) is 6.03. The van der Waals surface area contributed by atoms with Gasteiger partial charge in [-0.05, 0) is 35.4 Å². The number of aryl methyl sites for hydroxylation is 1. The summed E-state index contributed by atoms with van der Waals surface area (Å²) >= 11 is 5.90. The molecular formula is C20H22ClN3O2. The Morgan fingerprint density at radius 2 is 1.73 bits per heavy atom. The largest absolute Gasteiger partial charge is 0.493 e. The third-order valence-electron chi connectivity index (χ3n) is 3.95. The van der Waals surface area contributed by atoms with Crippen molar-refractivity contribution in [2.24, 2.45) is 7.05 Å². The van der Waals surface area contributed by atoms with Crippen molar-refractivity contribution in [1.29, 1.82) is 0 Å². The Kier molecular flexibility index (Phi) is 6.15. The van der Waals surface area contributed by atoms with Gasteiger partial charge in [0.2, 0.25) is 0 Å². The summed E-state index contributed by atoms with van der Waals surface area (Å²) in [4.78, 5) is 0. The van der Waals surface area contributed by atoms with Gasteiger partial charge in [-0.3, -0.25) is 4.68 Å². The smallest absolute Gasteiger partial charge is 0.161 e. The van der Waals surface area contributed by atoms with Crippen LogP contribution in [0.2, 0.25) is 5.02 Å². The van der Waals surface area contributed by atoms with E-state index in [2.05, 4.69) is 10.4 Å². The third kappa shape index (κ3) is 5.00. The van der Waals surface area contributed by atoms with E-state index in [-0.39, 0.29) is 0 Å². The Morgan fingerprint density at radius 3 is 2.42 bits per heavy atom.